The molecule has 0 saturated carbocycles. The van der Waals surface area contributed by atoms with Crippen LogP contribution in [0.3, 0.4) is 0 Å². The summed E-state index contributed by atoms with van der Waals surface area (Å²) in [5.74, 6) is 0.851. The van der Waals surface area contributed by atoms with Crippen molar-refractivity contribution in [1.82, 2.24) is 30.4 Å². The van der Waals surface area contributed by atoms with Crippen LogP contribution in [0.15, 0.2) is 24.3 Å². The monoisotopic (exact) mass is 356 g/mol. The van der Waals surface area contributed by atoms with E-state index in [0.29, 0.717) is 19.5 Å². The number of tetrazole rings is 1. The molecule has 1 N–H and O–H groups in total. The molecule has 8 nitrogen and oxygen atoms in total. The summed E-state index contributed by atoms with van der Waals surface area (Å²) in [7, 11) is 0. The Morgan fingerprint density at radius 1 is 1.19 bits per heavy atom. The maximum absolute atomic E-state index is 12.3. The maximum atomic E-state index is 12.3. The Balaban J connectivity index is 1.26. The number of ether oxygens (including phenoxy) is 1. The molecule has 1 aromatic carbocycles. The summed E-state index contributed by atoms with van der Waals surface area (Å²) >= 11 is 0. The van der Waals surface area contributed by atoms with E-state index in [9.17, 15) is 4.79 Å². The van der Waals surface area contributed by atoms with Gasteiger partial charge in [-0.1, -0.05) is 24.3 Å². The smallest absolute Gasteiger partial charge is 0.222 e. The molecule has 1 aliphatic carbocycles. The number of nitrogens with zero attached hydrogens (tertiary/aromatic N) is 5. The first-order chi connectivity index (χ1) is 12.8. The molecular formula is C18H24N6O2. The van der Waals surface area contributed by atoms with Crippen molar-refractivity contribution in [2.24, 2.45) is 0 Å². The second kappa shape index (κ2) is 7.92. The largest absolute Gasteiger partial charge is 0.379 e. The lowest BCUT2D eigenvalue weighted by Gasteiger charge is -2.25. The van der Waals surface area contributed by atoms with Gasteiger partial charge >= 0.3 is 0 Å². The van der Waals surface area contributed by atoms with Crippen molar-refractivity contribution in [3.05, 3.63) is 41.2 Å². The predicted molar refractivity (Wildman–Crippen MR) is 94.3 cm³/mol. The molecule has 138 valence electrons. The number of nitrogens with one attached hydrogen (secondary N) is 1. The zero-order valence-electron chi connectivity index (χ0n) is 14.8. The van der Waals surface area contributed by atoms with Gasteiger partial charge in [-0.2, -0.15) is 0 Å². The number of benzene rings is 1. The Labute approximate surface area is 152 Å². The minimum absolute atomic E-state index is 0.0515. The van der Waals surface area contributed by atoms with Crippen LogP contribution in [0.4, 0.5) is 0 Å². The van der Waals surface area contributed by atoms with Crippen molar-refractivity contribution in [3.63, 3.8) is 0 Å². The highest BCUT2D eigenvalue weighted by Gasteiger charge is 2.22. The van der Waals surface area contributed by atoms with E-state index in [1.165, 1.54) is 11.1 Å². The van der Waals surface area contributed by atoms with Crippen LogP contribution < -0.4 is 5.32 Å². The van der Waals surface area contributed by atoms with Crippen LogP contribution in [-0.4, -0.2) is 63.4 Å². The molecule has 0 unspecified atom stereocenters. The van der Waals surface area contributed by atoms with Gasteiger partial charge in [-0.15, -0.1) is 5.10 Å². The average Bonchev–Trinajstić information content (AvgIpc) is 3.26. The minimum Gasteiger partial charge on any atom is -0.379 e. The molecule has 0 bridgehead atoms. The fourth-order valence-corrected chi connectivity index (χ4v) is 3.64. The van der Waals surface area contributed by atoms with Crippen LogP contribution in [0.2, 0.25) is 0 Å². The average molecular weight is 356 g/mol. The van der Waals surface area contributed by atoms with Gasteiger partial charge in [0.1, 0.15) is 0 Å². The lowest BCUT2D eigenvalue weighted by atomic mass is 10.1. The van der Waals surface area contributed by atoms with Crippen LogP contribution in [-0.2, 0) is 35.5 Å². The van der Waals surface area contributed by atoms with E-state index >= 15 is 0 Å². The van der Waals surface area contributed by atoms with Gasteiger partial charge in [0.25, 0.3) is 0 Å². The first-order valence-corrected chi connectivity index (χ1v) is 9.19. The van der Waals surface area contributed by atoms with Gasteiger partial charge in [0.05, 0.1) is 26.3 Å². The molecular weight excluding hydrogens is 332 g/mol. The summed E-state index contributed by atoms with van der Waals surface area (Å²) in [6, 6.07) is 8.58. The number of amides is 1. The third-order valence-corrected chi connectivity index (χ3v) is 5.04. The number of fused-ring (bicyclic) bond motifs is 1. The summed E-state index contributed by atoms with van der Waals surface area (Å²) in [4.78, 5) is 14.6. The van der Waals surface area contributed by atoms with Crippen molar-refractivity contribution >= 4 is 5.91 Å². The van der Waals surface area contributed by atoms with E-state index < -0.39 is 0 Å². The van der Waals surface area contributed by atoms with E-state index in [4.69, 9.17) is 4.74 Å². The quantitative estimate of drug-likeness (QED) is 0.795. The number of rotatable bonds is 6. The van der Waals surface area contributed by atoms with Crippen LogP contribution in [0, 0.1) is 0 Å². The molecule has 8 heteroatoms. The molecule has 1 saturated heterocycles. The first-order valence-electron chi connectivity index (χ1n) is 9.19. The number of hydrogen-bond acceptors (Lipinski definition) is 6. The van der Waals surface area contributed by atoms with Gasteiger partial charge in [-0.25, -0.2) is 4.68 Å². The normalized spacial score (nSPS) is 18.0. The van der Waals surface area contributed by atoms with Gasteiger partial charge < -0.3 is 10.1 Å². The lowest BCUT2D eigenvalue weighted by molar-refractivity contribution is -0.122. The van der Waals surface area contributed by atoms with Crippen molar-refractivity contribution in [1.29, 1.82) is 0 Å². The highest BCUT2D eigenvalue weighted by atomic mass is 16.5. The Morgan fingerprint density at radius 2 is 1.92 bits per heavy atom. The number of aryl methyl sites for hydroxylation is 1. The fraction of sp³-hybridized carbons (Fsp3) is 0.556. The lowest BCUT2D eigenvalue weighted by Crippen LogP contribution is -2.37. The Bertz CT molecular complexity index is 731. The van der Waals surface area contributed by atoms with Crippen molar-refractivity contribution < 1.29 is 9.53 Å². The summed E-state index contributed by atoms with van der Waals surface area (Å²) in [6.45, 7) is 4.45. The van der Waals surface area contributed by atoms with Crippen LogP contribution >= 0.6 is 0 Å². The topological polar surface area (TPSA) is 85.2 Å². The zero-order chi connectivity index (χ0) is 17.8. The Kier molecular flexibility index (Phi) is 5.21. The number of morpholine rings is 1. The third kappa shape index (κ3) is 4.08. The van der Waals surface area contributed by atoms with E-state index in [-0.39, 0.29) is 11.9 Å². The van der Waals surface area contributed by atoms with E-state index in [0.717, 1.165) is 45.0 Å². The van der Waals surface area contributed by atoms with Crippen LogP contribution in [0.1, 0.15) is 23.4 Å². The number of aromatic nitrogens is 4. The standard InChI is InChI=1S/C18H24N6O2/c25-18(19-16-11-14-3-1-2-4-15(14)12-16)5-6-24-17(20-21-22-24)13-23-7-9-26-10-8-23/h1-4,16H,5-13H2,(H,19,25). The van der Waals surface area contributed by atoms with Gasteiger partial charge in [0, 0.05) is 25.6 Å². The summed E-state index contributed by atoms with van der Waals surface area (Å²) in [6.07, 6.45) is 2.21. The highest BCUT2D eigenvalue weighted by Crippen LogP contribution is 2.21. The molecule has 0 radical (unpaired) electrons. The van der Waals surface area contributed by atoms with E-state index in [1.54, 1.807) is 4.68 Å². The SMILES string of the molecule is O=C(CCn1nnnc1CN1CCOCC1)NC1Cc2ccccc2C1. The molecule has 1 aliphatic heterocycles. The van der Waals surface area contributed by atoms with Gasteiger partial charge in [0.15, 0.2) is 5.82 Å². The molecule has 2 heterocycles. The Morgan fingerprint density at radius 3 is 2.65 bits per heavy atom. The molecule has 2 aliphatic rings. The summed E-state index contributed by atoms with van der Waals surface area (Å²) in [5, 5.41) is 15.1. The molecule has 26 heavy (non-hydrogen) atoms. The predicted octanol–water partition coefficient (Wildman–Crippen LogP) is 0.179. The first kappa shape index (κ1) is 17.1. The Hall–Kier alpha value is -2.32. The third-order valence-electron chi connectivity index (χ3n) is 5.04. The highest BCUT2D eigenvalue weighted by molar-refractivity contribution is 5.76. The molecule has 4 rings (SSSR count). The second-order valence-corrected chi connectivity index (χ2v) is 6.90. The molecule has 1 amide bonds. The minimum atomic E-state index is 0.0515. The van der Waals surface area contributed by atoms with Crippen molar-refractivity contribution in [3.8, 4) is 0 Å². The van der Waals surface area contributed by atoms with E-state index in [1.807, 2.05) is 0 Å². The zero-order valence-corrected chi connectivity index (χ0v) is 14.8. The summed E-state index contributed by atoms with van der Waals surface area (Å²) < 4.78 is 7.10. The van der Waals surface area contributed by atoms with Crippen molar-refractivity contribution in [2.75, 3.05) is 26.3 Å². The van der Waals surface area contributed by atoms with Crippen molar-refractivity contribution in [2.45, 2.75) is 38.4 Å². The van der Waals surface area contributed by atoms with Gasteiger partial charge in [-0.3, -0.25) is 9.69 Å². The number of carbonyl (C=O) groups is 1. The molecule has 2 aromatic rings. The second-order valence-electron chi connectivity index (χ2n) is 6.90. The van der Waals surface area contributed by atoms with Crippen LogP contribution in [0.25, 0.3) is 0 Å². The van der Waals surface area contributed by atoms with Gasteiger partial charge in [-0.05, 0) is 34.4 Å². The van der Waals surface area contributed by atoms with E-state index in [2.05, 4.69) is 50.0 Å². The van der Waals surface area contributed by atoms with Crippen LogP contribution in [0.5, 0.6) is 0 Å². The number of carbonyl (C=O) groups excluding carboxylic acids is 1. The molecule has 1 aromatic heterocycles. The fourth-order valence-electron chi connectivity index (χ4n) is 3.64. The molecule has 1 fully saturated rings. The van der Waals surface area contributed by atoms with Gasteiger partial charge in [0.2, 0.25) is 5.91 Å². The summed E-state index contributed by atoms with van der Waals surface area (Å²) in [5.41, 5.74) is 2.68. The maximum Gasteiger partial charge on any atom is 0.222 e. The molecule has 0 spiro atoms. The molecule has 0 atom stereocenters. The number of hydrogen-bond donors (Lipinski definition) is 1.